The number of H-pyrrole nitrogens is 1. The van der Waals surface area contributed by atoms with E-state index in [4.69, 9.17) is 0 Å². The first kappa shape index (κ1) is 17.0. The summed E-state index contributed by atoms with van der Waals surface area (Å²) in [4.78, 5) is 18.6. The van der Waals surface area contributed by atoms with Gasteiger partial charge >= 0.3 is 6.36 Å². The summed E-state index contributed by atoms with van der Waals surface area (Å²) in [5.41, 5.74) is 1.99. The lowest BCUT2D eigenvalue weighted by atomic mass is 10.1. The minimum Gasteiger partial charge on any atom is -0.406 e. The van der Waals surface area contributed by atoms with Crippen molar-refractivity contribution in [3.63, 3.8) is 0 Å². The molecular formula is C17H13F3N2O3. The number of alkyl halides is 3. The lowest BCUT2D eigenvalue weighted by Crippen LogP contribution is -2.17. The fourth-order valence-electron chi connectivity index (χ4n) is 2.38. The summed E-state index contributed by atoms with van der Waals surface area (Å²) in [6, 6.07) is 9.79. The minimum absolute atomic E-state index is 0.104. The summed E-state index contributed by atoms with van der Waals surface area (Å²) in [6.45, 7) is 1.44. The predicted octanol–water partition coefficient (Wildman–Crippen LogP) is 3.75. The second-order valence-electron chi connectivity index (χ2n) is 5.43. The smallest absolute Gasteiger partial charge is 0.406 e. The maximum Gasteiger partial charge on any atom is 0.573 e. The van der Waals surface area contributed by atoms with Gasteiger partial charge in [-0.1, -0.05) is 12.1 Å². The average Bonchev–Trinajstić information content (AvgIpc) is 2.96. The number of benzene rings is 2. The molecule has 0 fully saturated rings. The number of rotatable bonds is 4. The Balaban J connectivity index is 1.86. The molecule has 2 aromatic carbocycles. The summed E-state index contributed by atoms with van der Waals surface area (Å²) in [5, 5.41) is 10.4. The van der Waals surface area contributed by atoms with Crippen LogP contribution in [0.3, 0.4) is 0 Å². The van der Waals surface area contributed by atoms with Crippen LogP contribution in [0.1, 0.15) is 34.8 Å². The van der Waals surface area contributed by atoms with Crippen LogP contribution in [0.25, 0.3) is 11.0 Å². The Morgan fingerprint density at radius 2 is 1.88 bits per heavy atom. The molecule has 0 spiro atoms. The molecule has 0 saturated carbocycles. The molecule has 1 unspecified atom stereocenters. The molecule has 0 aliphatic heterocycles. The maximum atomic E-state index is 12.2. The lowest BCUT2D eigenvalue weighted by Gasteiger charge is -2.11. The van der Waals surface area contributed by atoms with Gasteiger partial charge in [0.15, 0.2) is 5.78 Å². The highest BCUT2D eigenvalue weighted by atomic mass is 19.4. The number of hydrogen-bond donors (Lipinski definition) is 2. The number of ketones is 1. The van der Waals surface area contributed by atoms with Crippen molar-refractivity contribution in [2.24, 2.45) is 0 Å². The number of carbonyl (C=O) groups excluding carboxylic acids is 1. The van der Waals surface area contributed by atoms with Gasteiger partial charge in [-0.25, -0.2) is 4.98 Å². The van der Waals surface area contributed by atoms with E-state index in [-0.39, 0.29) is 17.4 Å². The monoisotopic (exact) mass is 350 g/mol. The Morgan fingerprint density at radius 3 is 2.48 bits per heavy atom. The molecule has 0 aliphatic rings. The summed E-state index contributed by atoms with van der Waals surface area (Å²) >= 11 is 0. The highest BCUT2D eigenvalue weighted by Gasteiger charge is 2.31. The molecule has 0 bridgehead atoms. The number of imidazole rings is 1. The van der Waals surface area contributed by atoms with Crippen molar-refractivity contribution in [3.05, 3.63) is 59.4 Å². The van der Waals surface area contributed by atoms with Crippen LogP contribution in [0.5, 0.6) is 5.75 Å². The van der Waals surface area contributed by atoms with Crippen molar-refractivity contribution < 1.29 is 27.8 Å². The summed E-state index contributed by atoms with van der Waals surface area (Å²) < 4.78 is 40.3. The van der Waals surface area contributed by atoms with Crippen LogP contribution in [0.15, 0.2) is 42.5 Å². The van der Waals surface area contributed by atoms with E-state index in [1.165, 1.54) is 19.1 Å². The number of aliphatic hydroxyl groups excluding tert-OH is 1. The molecule has 25 heavy (non-hydrogen) atoms. The number of aliphatic hydroxyl groups is 1. The molecule has 3 rings (SSSR count). The summed E-state index contributed by atoms with van der Waals surface area (Å²) in [6.07, 6.45) is -5.93. The molecule has 0 aliphatic carbocycles. The molecule has 0 amide bonds. The summed E-state index contributed by atoms with van der Waals surface area (Å²) in [5.74, 6) is -0.258. The number of nitrogens with one attached hydrogen (secondary N) is 1. The zero-order valence-corrected chi connectivity index (χ0v) is 13.0. The van der Waals surface area contributed by atoms with Crippen molar-refractivity contribution >= 4 is 16.8 Å². The van der Waals surface area contributed by atoms with Gasteiger partial charge < -0.3 is 14.8 Å². The van der Waals surface area contributed by atoms with E-state index in [9.17, 15) is 23.1 Å². The zero-order chi connectivity index (χ0) is 18.2. The fourth-order valence-corrected chi connectivity index (χ4v) is 2.38. The van der Waals surface area contributed by atoms with E-state index < -0.39 is 12.5 Å². The summed E-state index contributed by atoms with van der Waals surface area (Å²) in [7, 11) is 0. The van der Waals surface area contributed by atoms with Crippen molar-refractivity contribution in [2.75, 3.05) is 0 Å². The first-order chi connectivity index (χ1) is 11.7. The van der Waals surface area contributed by atoms with Gasteiger partial charge in [-0.2, -0.15) is 0 Å². The molecule has 8 heteroatoms. The van der Waals surface area contributed by atoms with Crippen molar-refractivity contribution in [1.82, 2.24) is 9.97 Å². The van der Waals surface area contributed by atoms with Gasteiger partial charge in [0.05, 0.1) is 11.0 Å². The number of ether oxygens (including phenoxy) is 1. The van der Waals surface area contributed by atoms with Crippen LogP contribution in [-0.4, -0.2) is 27.2 Å². The van der Waals surface area contributed by atoms with Crippen LogP contribution in [0.2, 0.25) is 0 Å². The van der Waals surface area contributed by atoms with Crippen molar-refractivity contribution in [2.45, 2.75) is 19.4 Å². The number of fused-ring (bicyclic) bond motifs is 1. The lowest BCUT2D eigenvalue weighted by molar-refractivity contribution is -0.274. The molecule has 0 radical (unpaired) electrons. The van der Waals surface area contributed by atoms with E-state index in [0.29, 0.717) is 22.2 Å². The molecule has 130 valence electrons. The number of halogens is 3. The van der Waals surface area contributed by atoms with E-state index in [1.54, 1.807) is 18.2 Å². The van der Waals surface area contributed by atoms with Crippen LogP contribution >= 0.6 is 0 Å². The molecule has 2 N–H and O–H groups in total. The number of nitrogens with zero attached hydrogens (tertiary/aromatic N) is 1. The van der Waals surface area contributed by atoms with Gasteiger partial charge in [0, 0.05) is 5.56 Å². The Bertz CT molecular complexity index is 917. The highest BCUT2D eigenvalue weighted by molar-refractivity contribution is 5.97. The second kappa shape index (κ2) is 6.21. The number of hydrogen-bond acceptors (Lipinski definition) is 4. The van der Waals surface area contributed by atoms with E-state index in [1.807, 2.05) is 0 Å². The van der Waals surface area contributed by atoms with E-state index in [0.717, 1.165) is 12.1 Å². The third kappa shape index (κ3) is 3.80. The van der Waals surface area contributed by atoms with Gasteiger partial charge in [-0.05, 0) is 42.8 Å². The number of Topliss-reactive ketones (excluding diaryl/α,β-unsaturated/α-hetero) is 1. The second-order valence-corrected chi connectivity index (χ2v) is 5.43. The molecule has 1 aromatic heterocycles. The molecule has 1 atom stereocenters. The minimum atomic E-state index is -4.77. The van der Waals surface area contributed by atoms with Gasteiger partial charge in [0.2, 0.25) is 0 Å². The number of aromatic nitrogens is 2. The highest BCUT2D eigenvalue weighted by Crippen LogP contribution is 2.27. The van der Waals surface area contributed by atoms with E-state index in [2.05, 4.69) is 14.7 Å². The Labute approximate surface area is 140 Å². The van der Waals surface area contributed by atoms with E-state index >= 15 is 0 Å². The molecule has 0 saturated heterocycles. The van der Waals surface area contributed by atoms with Crippen molar-refractivity contribution in [3.8, 4) is 5.75 Å². The van der Waals surface area contributed by atoms with Crippen LogP contribution < -0.4 is 4.74 Å². The maximum absolute atomic E-state index is 12.2. The van der Waals surface area contributed by atoms with Crippen molar-refractivity contribution in [1.29, 1.82) is 0 Å². The van der Waals surface area contributed by atoms with Gasteiger partial charge in [0.25, 0.3) is 0 Å². The predicted molar refractivity (Wildman–Crippen MR) is 83.3 cm³/mol. The van der Waals surface area contributed by atoms with Crippen LogP contribution in [0, 0.1) is 0 Å². The standard InChI is InChI=1S/C17H13F3N2O3/c1-9(23)11-4-7-13-14(8-11)22-16(21-13)15(24)10-2-5-12(6-3-10)25-17(18,19)20/h2-8,15,24H,1H3,(H,21,22). The average molecular weight is 350 g/mol. The Morgan fingerprint density at radius 1 is 1.20 bits per heavy atom. The topological polar surface area (TPSA) is 75.2 Å². The molecule has 5 nitrogen and oxygen atoms in total. The fraction of sp³-hybridized carbons (Fsp3) is 0.176. The number of carbonyl (C=O) groups is 1. The Kier molecular flexibility index (Phi) is 4.22. The van der Waals surface area contributed by atoms with Gasteiger partial charge in [0.1, 0.15) is 17.7 Å². The van der Waals surface area contributed by atoms with Crippen LogP contribution in [0.4, 0.5) is 13.2 Å². The first-order valence-corrected chi connectivity index (χ1v) is 7.27. The Hall–Kier alpha value is -2.87. The SMILES string of the molecule is CC(=O)c1ccc2[nH]c(C(O)c3ccc(OC(F)(F)F)cc3)nc2c1. The largest absolute Gasteiger partial charge is 0.573 e. The van der Waals surface area contributed by atoms with Crippen LogP contribution in [-0.2, 0) is 0 Å². The third-order valence-corrected chi connectivity index (χ3v) is 3.60. The molecule has 1 heterocycles. The third-order valence-electron chi connectivity index (χ3n) is 3.60. The first-order valence-electron chi connectivity index (χ1n) is 7.27. The number of aromatic amines is 1. The molecule has 3 aromatic rings. The quantitative estimate of drug-likeness (QED) is 0.703. The molecular weight excluding hydrogens is 337 g/mol. The zero-order valence-electron chi connectivity index (χ0n) is 13.0. The van der Waals surface area contributed by atoms with Gasteiger partial charge in [-0.15, -0.1) is 13.2 Å². The normalized spacial score (nSPS) is 13.0. The van der Waals surface area contributed by atoms with Gasteiger partial charge in [-0.3, -0.25) is 4.79 Å².